The lowest BCUT2D eigenvalue weighted by Crippen LogP contribution is -2.35. The van der Waals surface area contributed by atoms with Gasteiger partial charge in [-0.1, -0.05) is 24.3 Å². The fraction of sp³-hybridized carbons (Fsp3) is 0.208. The SMILES string of the molecule is CCOC(=O)C1=C(N)Oc2cc(C)n(Cc3ccccn3)c(=O)c2[C@H]1c1ccccc1F. The Labute approximate surface area is 183 Å². The number of carbonyl (C=O) groups is 1. The normalized spacial score (nSPS) is 15.2. The molecule has 0 fully saturated rings. The van der Waals surface area contributed by atoms with Crippen molar-refractivity contribution in [2.24, 2.45) is 5.73 Å². The van der Waals surface area contributed by atoms with Crippen LogP contribution in [-0.4, -0.2) is 22.1 Å². The third-order valence-corrected chi connectivity index (χ3v) is 5.33. The van der Waals surface area contributed by atoms with Gasteiger partial charge in [-0.15, -0.1) is 0 Å². The summed E-state index contributed by atoms with van der Waals surface area (Å²) >= 11 is 0. The second kappa shape index (κ2) is 8.66. The smallest absolute Gasteiger partial charge is 0.340 e. The molecule has 164 valence electrons. The van der Waals surface area contributed by atoms with E-state index >= 15 is 0 Å². The number of carbonyl (C=O) groups excluding carboxylic acids is 1. The molecule has 3 heterocycles. The van der Waals surface area contributed by atoms with Crippen molar-refractivity contribution in [3.8, 4) is 5.75 Å². The summed E-state index contributed by atoms with van der Waals surface area (Å²) in [6.07, 6.45) is 1.64. The van der Waals surface area contributed by atoms with Gasteiger partial charge in [0, 0.05) is 23.5 Å². The molecule has 0 aliphatic carbocycles. The number of hydrogen-bond donors (Lipinski definition) is 1. The molecule has 1 aromatic carbocycles. The van der Waals surface area contributed by atoms with Gasteiger partial charge in [0.1, 0.15) is 17.1 Å². The molecule has 0 spiro atoms. The van der Waals surface area contributed by atoms with Gasteiger partial charge in [0.25, 0.3) is 5.56 Å². The number of esters is 1. The van der Waals surface area contributed by atoms with Gasteiger partial charge in [-0.2, -0.15) is 0 Å². The molecule has 1 aliphatic heterocycles. The average molecular weight is 435 g/mol. The van der Waals surface area contributed by atoms with E-state index in [1.54, 1.807) is 44.3 Å². The zero-order valence-electron chi connectivity index (χ0n) is 17.7. The average Bonchev–Trinajstić information content (AvgIpc) is 2.77. The van der Waals surface area contributed by atoms with E-state index in [0.29, 0.717) is 11.4 Å². The third kappa shape index (κ3) is 3.75. The topological polar surface area (TPSA) is 96.4 Å². The van der Waals surface area contributed by atoms with Crippen LogP contribution in [0.2, 0.25) is 0 Å². The number of nitrogens with zero attached hydrogens (tertiary/aromatic N) is 2. The Morgan fingerprint density at radius 1 is 1.25 bits per heavy atom. The molecule has 0 unspecified atom stereocenters. The lowest BCUT2D eigenvalue weighted by Gasteiger charge is -2.29. The highest BCUT2D eigenvalue weighted by Crippen LogP contribution is 2.42. The van der Waals surface area contributed by atoms with Crippen molar-refractivity contribution in [3.05, 3.63) is 105 Å². The summed E-state index contributed by atoms with van der Waals surface area (Å²) in [5.41, 5.74) is 7.10. The lowest BCUT2D eigenvalue weighted by atomic mass is 9.83. The van der Waals surface area contributed by atoms with Crippen LogP contribution in [-0.2, 0) is 16.1 Å². The van der Waals surface area contributed by atoms with Gasteiger partial charge in [0.2, 0.25) is 5.88 Å². The molecule has 0 radical (unpaired) electrons. The first kappa shape index (κ1) is 21.3. The van der Waals surface area contributed by atoms with Gasteiger partial charge in [-0.25, -0.2) is 9.18 Å². The van der Waals surface area contributed by atoms with Gasteiger partial charge < -0.3 is 19.8 Å². The summed E-state index contributed by atoms with van der Waals surface area (Å²) in [7, 11) is 0. The van der Waals surface area contributed by atoms with Gasteiger partial charge >= 0.3 is 5.97 Å². The summed E-state index contributed by atoms with van der Waals surface area (Å²) in [5, 5.41) is 0. The molecule has 1 aliphatic rings. The zero-order valence-corrected chi connectivity index (χ0v) is 17.7. The Morgan fingerprint density at radius 2 is 2.00 bits per heavy atom. The van der Waals surface area contributed by atoms with Gasteiger partial charge in [-0.05, 0) is 32.0 Å². The van der Waals surface area contributed by atoms with Crippen molar-refractivity contribution < 1.29 is 18.7 Å². The molecular weight excluding hydrogens is 413 g/mol. The van der Waals surface area contributed by atoms with Crippen LogP contribution in [0.1, 0.15) is 35.4 Å². The number of hydrogen-bond acceptors (Lipinski definition) is 6. The first-order valence-corrected chi connectivity index (χ1v) is 10.2. The minimum atomic E-state index is -1.08. The fourth-order valence-corrected chi connectivity index (χ4v) is 3.86. The van der Waals surface area contributed by atoms with E-state index in [1.165, 1.54) is 22.8 Å². The van der Waals surface area contributed by atoms with E-state index in [0.717, 1.165) is 0 Å². The molecular formula is C24H22FN3O4. The van der Waals surface area contributed by atoms with E-state index in [1.807, 2.05) is 6.07 Å². The number of benzene rings is 1. The second-order valence-corrected chi connectivity index (χ2v) is 7.33. The van der Waals surface area contributed by atoms with Crippen LogP contribution in [0.15, 0.2) is 71.0 Å². The van der Waals surface area contributed by atoms with E-state index in [2.05, 4.69) is 4.98 Å². The maximum atomic E-state index is 14.9. The Hall–Kier alpha value is -3.94. The molecule has 4 rings (SSSR count). The first-order chi connectivity index (χ1) is 15.4. The number of aromatic nitrogens is 2. The molecule has 1 atom stereocenters. The summed E-state index contributed by atoms with van der Waals surface area (Å²) in [6.45, 7) is 3.70. The lowest BCUT2D eigenvalue weighted by molar-refractivity contribution is -0.139. The largest absolute Gasteiger partial charge is 0.462 e. The maximum Gasteiger partial charge on any atom is 0.340 e. The zero-order chi connectivity index (χ0) is 22.8. The molecule has 2 aromatic heterocycles. The summed E-state index contributed by atoms with van der Waals surface area (Å²) in [4.78, 5) is 30.8. The molecule has 7 nitrogen and oxygen atoms in total. The van der Waals surface area contributed by atoms with Crippen LogP contribution in [0.25, 0.3) is 0 Å². The third-order valence-electron chi connectivity index (χ3n) is 5.33. The van der Waals surface area contributed by atoms with Crippen LogP contribution in [0.5, 0.6) is 5.75 Å². The van der Waals surface area contributed by atoms with E-state index in [4.69, 9.17) is 15.2 Å². The molecule has 0 bridgehead atoms. The van der Waals surface area contributed by atoms with Crippen LogP contribution in [0.4, 0.5) is 4.39 Å². The summed E-state index contributed by atoms with van der Waals surface area (Å²) in [6, 6.07) is 13.0. The van der Waals surface area contributed by atoms with Gasteiger partial charge in [0.05, 0.1) is 30.3 Å². The van der Waals surface area contributed by atoms with Crippen LogP contribution >= 0.6 is 0 Å². The maximum absolute atomic E-state index is 14.9. The fourth-order valence-electron chi connectivity index (χ4n) is 3.86. The van der Waals surface area contributed by atoms with E-state index in [9.17, 15) is 14.0 Å². The van der Waals surface area contributed by atoms with Crippen molar-refractivity contribution in [2.75, 3.05) is 6.61 Å². The second-order valence-electron chi connectivity index (χ2n) is 7.33. The molecule has 32 heavy (non-hydrogen) atoms. The number of aryl methyl sites for hydroxylation is 1. The molecule has 8 heteroatoms. The first-order valence-electron chi connectivity index (χ1n) is 10.2. The number of nitrogens with two attached hydrogens (primary N) is 1. The highest BCUT2D eigenvalue weighted by molar-refractivity contribution is 5.92. The number of halogens is 1. The van der Waals surface area contributed by atoms with E-state index in [-0.39, 0.29) is 41.5 Å². The molecule has 0 saturated heterocycles. The van der Waals surface area contributed by atoms with Gasteiger partial charge in [-0.3, -0.25) is 9.78 Å². The monoisotopic (exact) mass is 435 g/mol. The van der Waals surface area contributed by atoms with Crippen LogP contribution < -0.4 is 16.0 Å². The molecule has 2 N–H and O–H groups in total. The van der Waals surface area contributed by atoms with Gasteiger partial charge in [0.15, 0.2) is 0 Å². The number of pyridine rings is 2. The van der Waals surface area contributed by atoms with Crippen molar-refractivity contribution in [1.29, 1.82) is 0 Å². The molecule has 3 aromatic rings. The molecule has 0 saturated carbocycles. The van der Waals surface area contributed by atoms with Crippen molar-refractivity contribution in [3.63, 3.8) is 0 Å². The molecule has 0 amide bonds. The Kier molecular flexibility index (Phi) is 5.77. The Morgan fingerprint density at radius 3 is 2.69 bits per heavy atom. The van der Waals surface area contributed by atoms with Crippen LogP contribution in [0, 0.1) is 12.7 Å². The number of fused-ring (bicyclic) bond motifs is 1. The Balaban J connectivity index is 1.96. The number of ether oxygens (including phenoxy) is 2. The highest BCUT2D eigenvalue weighted by atomic mass is 19.1. The Bertz CT molecular complexity index is 1270. The summed E-state index contributed by atoms with van der Waals surface area (Å²) in [5.74, 6) is -2.45. The van der Waals surface area contributed by atoms with E-state index < -0.39 is 23.3 Å². The minimum absolute atomic E-state index is 0.0876. The highest BCUT2D eigenvalue weighted by Gasteiger charge is 2.39. The predicted octanol–water partition coefficient (Wildman–Crippen LogP) is 3.00. The predicted molar refractivity (Wildman–Crippen MR) is 115 cm³/mol. The number of rotatable bonds is 5. The quantitative estimate of drug-likeness (QED) is 0.619. The minimum Gasteiger partial charge on any atom is -0.462 e. The van der Waals surface area contributed by atoms with Crippen molar-refractivity contribution in [1.82, 2.24) is 9.55 Å². The standard InChI is InChI=1S/C24H22FN3O4/c1-3-31-24(30)21-19(16-9-4-5-10-17(16)25)20-18(32-22(21)26)12-14(2)28(23(20)29)13-15-8-6-7-11-27-15/h4-12,19H,3,13,26H2,1-2H3/t19-/m1/s1. The van der Waals surface area contributed by atoms with Crippen molar-refractivity contribution >= 4 is 5.97 Å². The van der Waals surface area contributed by atoms with Crippen molar-refractivity contribution in [2.45, 2.75) is 26.3 Å². The van der Waals surface area contributed by atoms with Crippen LogP contribution in [0.3, 0.4) is 0 Å². The summed E-state index contributed by atoms with van der Waals surface area (Å²) < 4.78 is 27.2.